The zero-order valence-corrected chi connectivity index (χ0v) is 14.4. The Bertz CT molecular complexity index is 823. The minimum absolute atomic E-state index is 0.202. The van der Waals surface area contributed by atoms with E-state index < -0.39 is 11.5 Å². The maximum atomic E-state index is 12.9. The van der Waals surface area contributed by atoms with Crippen LogP contribution in [0.1, 0.15) is 24.5 Å². The van der Waals surface area contributed by atoms with Crippen LogP contribution in [0.15, 0.2) is 42.5 Å². The van der Waals surface area contributed by atoms with Gasteiger partial charge in [0.15, 0.2) is 5.60 Å². The first-order valence-corrected chi connectivity index (χ1v) is 8.16. The fourth-order valence-electron chi connectivity index (χ4n) is 3.07. The van der Waals surface area contributed by atoms with Crippen molar-refractivity contribution in [2.24, 2.45) is 0 Å². The molecule has 3 rings (SSSR count). The number of aliphatic hydroxyl groups is 1. The van der Waals surface area contributed by atoms with E-state index in [0.29, 0.717) is 10.7 Å². The quantitative estimate of drug-likeness (QED) is 0.900. The van der Waals surface area contributed by atoms with E-state index in [1.54, 1.807) is 6.07 Å². The summed E-state index contributed by atoms with van der Waals surface area (Å²) < 4.78 is 0. The van der Waals surface area contributed by atoms with Crippen LogP contribution >= 0.6 is 23.2 Å². The van der Waals surface area contributed by atoms with Gasteiger partial charge in [-0.05, 0) is 24.6 Å². The van der Waals surface area contributed by atoms with E-state index in [4.69, 9.17) is 23.2 Å². The fourth-order valence-corrected chi connectivity index (χ4v) is 3.64. The molecule has 2 aromatic rings. The van der Waals surface area contributed by atoms with Crippen molar-refractivity contribution in [3.05, 3.63) is 63.6 Å². The Balaban J connectivity index is 2.15. The second kappa shape index (κ2) is 6.20. The van der Waals surface area contributed by atoms with Gasteiger partial charge in [-0.15, -0.1) is 0 Å². The number of Topliss-reactive ketones (excluding diaryl/α,β-unsaturated/α-hetero) is 1. The third-order valence-corrected chi connectivity index (χ3v) is 4.67. The van der Waals surface area contributed by atoms with Gasteiger partial charge in [0.1, 0.15) is 5.78 Å². The number of benzene rings is 2. The molecule has 1 heterocycles. The number of hydrogen-bond acceptors (Lipinski definition) is 3. The van der Waals surface area contributed by atoms with Crippen LogP contribution in [-0.4, -0.2) is 16.8 Å². The van der Waals surface area contributed by atoms with Crippen LogP contribution < -0.4 is 4.90 Å². The molecule has 1 atom stereocenters. The molecule has 1 aliphatic rings. The van der Waals surface area contributed by atoms with Crippen molar-refractivity contribution < 1.29 is 14.7 Å². The van der Waals surface area contributed by atoms with E-state index in [9.17, 15) is 14.7 Å². The lowest BCUT2D eigenvalue weighted by Crippen LogP contribution is -2.41. The number of hydrogen-bond donors (Lipinski definition) is 1. The van der Waals surface area contributed by atoms with Crippen molar-refractivity contribution in [3.8, 4) is 0 Å². The molecule has 0 bridgehead atoms. The SMILES string of the molecule is CC(=O)CC1(O)C(=O)N(Cc2ccccc2)c2c(Cl)ccc(Cl)c21. The number of nitrogens with zero attached hydrogens (tertiary/aromatic N) is 1. The highest BCUT2D eigenvalue weighted by Gasteiger charge is 2.52. The van der Waals surface area contributed by atoms with Crippen molar-refractivity contribution in [3.63, 3.8) is 0 Å². The van der Waals surface area contributed by atoms with Gasteiger partial charge >= 0.3 is 0 Å². The first-order valence-electron chi connectivity index (χ1n) is 7.41. The van der Waals surface area contributed by atoms with Crippen LogP contribution in [0.5, 0.6) is 0 Å². The van der Waals surface area contributed by atoms with Crippen molar-refractivity contribution >= 4 is 40.6 Å². The first kappa shape index (κ1) is 17.0. The topological polar surface area (TPSA) is 57.6 Å². The minimum Gasteiger partial charge on any atom is -0.375 e. The molecule has 0 fully saturated rings. The Kier molecular flexibility index (Phi) is 4.38. The molecule has 1 N–H and O–H groups in total. The van der Waals surface area contributed by atoms with Crippen LogP contribution in [0.3, 0.4) is 0 Å². The van der Waals surface area contributed by atoms with Gasteiger partial charge in [-0.3, -0.25) is 9.59 Å². The summed E-state index contributed by atoms with van der Waals surface area (Å²) in [6.07, 6.45) is -0.343. The molecule has 4 nitrogen and oxygen atoms in total. The highest BCUT2D eigenvalue weighted by Crippen LogP contribution is 2.49. The van der Waals surface area contributed by atoms with Crippen LogP contribution in [-0.2, 0) is 21.7 Å². The molecule has 0 aromatic heterocycles. The van der Waals surface area contributed by atoms with Crippen molar-refractivity contribution in [2.75, 3.05) is 4.90 Å². The maximum Gasteiger partial charge on any atom is 0.264 e. The summed E-state index contributed by atoms with van der Waals surface area (Å²) in [6.45, 7) is 1.55. The normalized spacial score (nSPS) is 19.5. The average molecular weight is 364 g/mol. The summed E-state index contributed by atoms with van der Waals surface area (Å²) in [5, 5.41) is 11.5. The summed E-state index contributed by atoms with van der Waals surface area (Å²) in [5.41, 5.74) is -0.549. The van der Waals surface area contributed by atoms with Crippen molar-refractivity contribution in [1.29, 1.82) is 0 Å². The predicted molar refractivity (Wildman–Crippen MR) is 93.3 cm³/mol. The number of halogens is 2. The zero-order chi connectivity index (χ0) is 17.5. The number of rotatable bonds is 4. The molecule has 0 radical (unpaired) electrons. The standard InChI is InChI=1S/C18H15Cl2NO3/c1-11(22)9-18(24)15-13(19)7-8-14(20)16(15)21(17(18)23)10-12-5-3-2-4-6-12/h2-8,24H,9-10H2,1H3. The zero-order valence-electron chi connectivity index (χ0n) is 12.9. The molecule has 2 aromatic carbocycles. The molecular formula is C18H15Cl2NO3. The second-order valence-corrected chi connectivity index (χ2v) is 6.68. The first-order chi connectivity index (χ1) is 11.3. The van der Waals surface area contributed by atoms with Crippen LogP contribution in [0.4, 0.5) is 5.69 Å². The van der Waals surface area contributed by atoms with Gasteiger partial charge in [0.25, 0.3) is 5.91 Å². The summed E-state index contributed by atoms with van der Waals surface area (Å²) in [6, 6.07) is 12.4. The van der Waals surface area contributed by atoms with E-state index >= 15 is 0 Å². The van der Waals surface area contributed by atoms with Crippen LogP contribution in [0.25, 0.3) is 0 Å². The van der Waals surface area contributed by atoms with E-state index in [-0.39, 0.29) is 29.3 Å². The number of ketones is 1. The highest BCUT2D eigenvalue weighted by molar-refractivity contribution is 6.38. The van der Waals surface area contributed by atoms with E-state index in [2.05, 4.69) is 0 Å². The number of amides is 1. The van der Waals surface area contributed by atoms with Gasteiger partial charge in [0, 0.05) is 17.0 Å². The van der Waals surface area contributed by atoms with Gasteiger partial charge in [-0.2, -0.15) is 0 Å². The molecule has 124 valence electrons. The number of carbonyl (C=O) groups excluding carboxylic acids is 2. The van der Waals surface area contributed by atoms with E-state index in [1.165, 1.54) is 17.9 Å². The lowest BCUT2D eigenvalue weighted by molar-refractivity contribution is -0.141. The molecule has 24 heavy (non-hydrogen) atoms. The summed E-state index contributed by atoms with van der Waals surface area (Å²) in [7, 11) is 0. The largest absolute Gasteiger partial charge is 0.375 e. The Morgan fingerprint density at radius 1 is 1.12 bits per heavy atom. The number of anilines is 1. The van der Waals surface area contributed by atoms with Crippen molar-refractivity contribution in [2.45, 2.75) is 25.5 Å². The number of fused-ring (bicyclic) bond motifs is 1. The molecule has 1 aliphatic heterocycles. The Morgan fingerprint density at radius 3 is 2.38 bits per heavy atom. The molecule has 0 saturated carbocycles. The number of carbonyl (C=O) groups is 2. The minimum atomic E-state index is -1.99. The third-order valence-electron chi connectivity index (χ3n) is 4.05. The summed E-state index contributed by atoms with van der Waals surface area (Å²) >= 11 is 12.5. The maximum absolute atomic E-state index is 12.9. The van der Waals surface area contributed by atoms with Gasteiger partial charge in [0.2, 0.25) is 0 Å². The molecule has 0 aliphatic carbocycles. The van der Waals surface area contributed by atoms with Gasteiger partial charge in [-0.25, -0.2) is 0 Å². The van der Waals surface area contributed by atoms with Crippen LogP contribution in [0.2, 0.25) is 10.0 Å². The Morgan fingerprint density at radius 2 is 1.75 bits per heavy atom. The molecule has 1 amide bonds. The van der Waals surface area contributed by atoms with Crippen molar-refractivity contribution in [1.82, 2.24) is 0 Å². The summed E-state index contributed by atoms with van der Waals surface area (Å²) in [4.78, 5) is 25.9. The van der Waals surface area contributed by atoms with Gasteiger partial charge < -0.3 is 10.0 Å². The van der Waals surface area contributed by atoms with Gasteiger partial charge in [-0.1, -0.05) is 53.5 Å². The molecular weight excluding hydrogens is 349 g/mol. The average Bonchev–Trinajstić information content (AvgIpc) is 2.74. The van der Waals surface area contributed by atoms with E-state index in [1.807, 2.05) is 30.3 Å². The predicted octanol–water partition coefficient (Wildman–Crippen LogP) is 3.71. The highest BCUT2D eigenvalue weighted by atomic mass is 35.5. The van der Waals surface area contributed by atoms with Gasteiger partial charge in [0.05, 0.1) is 17.3 Å². The third kappa shape index (κ3) is 2.71. The molecule has 1 unspecified atom stereocenters. The fraction of sp³-hybridized carbons (Fsp3) is 0.222. The lowest BCUT2D eigenvalue weighted by Gasteiger charge is -2.22. The van der Waals surface area contributed by atoms with E-state index in [0.717, 1.165) is 5.56 Å². The molecule has 0 spiro atoms. The lowest BCUT2D eigenvalue weighted by atomic mass is 9.90. The molecule has 6 heteroatoms. The monoisotopic (exact) mass is 363 g/mol. The Labute approximate surface area is 149 Å². The molecule has 0 saturated heterocycles. The summed E-state index contributed by atoms with van der Waals surface area (Å²) in [5.74, 6) is -0.902. The Hall–Kier alpha value is -1.88. The van der Waals surface area contributed by atoms with Crippen LogP contribution in [0, 0.1) is 0 Å². The smallest absolute Gasteiger partial charge is 0.264 e. The second-order valence-electron chi connectivity index (χ2n) is 5.87.